The molecule has 0 aliphatic carbocycles. The lowest BCUT2D eigenvalue weighted by Crippen LogP contribution is -2.61. The minimum atomic E-state index is -1.82. The van der Waals surface area contributed by atoms with E-state index in [2.05, 4.69) is 0 Å². The number of carbonyl (C=O) groups excluding carboxylic acids is 4. The van der Waals surface area contributed by atoms with E-state index in [4.69, 9.17) is 18.9 Å². The van der Waals surface area contributed by atoms with Crippen molar-refractivity contribution in [1.29, 1.82) is 0 Å². The summed E-state index contributed by atoms with van der Waals surface area (Å²) in [5.74, 6) is -7.80. The summed E-state index contributed by atoms with van der Waals surface area (Å²) in [6.07, 6.45) is -2.69. The molecule has 0 aromatic rings. The Labute approximate surface area is 351 Å². The number of piperidine rings is 4. The Kier molecular flexibility index (Phi) is 13.6. The predicted molar refractivity (Wildman–Crippen MR) is 211 cm³/mol. The average molecular weight is 837 g/mol. The van der Waals surface area contributed by atoms with Crippen molar-refractivity contribution in [2.24, 2.45) is 11.8 Å². The van der Waals surface area contributed by atoms with Crippen LogP contribution in [-0.4, -0.2) is 113 Å². The number of hydrogen-bond acceptors (Lipinski definition) is 12. The first-order valence-corrected chi connectivity index (χ1v) is 21.2. The van der Waals surface area contributed by atoms with Crippen LogP contribution in [0.1, 0.15) is 169 Å². The van der Waals surface area contributed by atoms with Crippen molar-refractivity contribution >= 4 is 23.9 Å². The molecule has 4 aliphatic heterocycles. The van der Waals surface area contributed by atoms with Crippen molar-refractivity contribution < 1.29 is 59.0 Å². The van der Waals surface area contributed by atoms with Crippen LogP contribution in [0.3, 0.4) is 0 Å². The van der Waals surface area contributed by atoms with Crippen molar-refractivity contribution in [3.63, 3.8) is 0 Å². The first-order valence-electron chi connectivity index (χ1n) is 21.2. The third-order valence-electron chi connectivity index (χ3n) is 13.0. The number of hydrogen-bond donors (Lipinski definition) is 0. The number of rotatable bonds is 10. The SMILES string of the molecule is CC1(C)CC(OC(=O)C(CC(C(=O)OC2CC(C)(C)N([O])C(C)(C)C2)C(=O)OC2CC(C)(C)N([O])C(C)(C)C2)C(=O)OC2CC(C)(C)N([O])C(C)(C)C2)CC(C)(C)N1[O]. The van der Waals surface area contributed by atoms with Crippen LogP contribution >= 0.6 is 0 Å². The van der Waals surface area contributed by atoms with Crippen LogP contribution in [0.4, 0.5) is 0 Å². The highest BCUT2D eigenvalue weighted by atomic mass is 16.6. The molecule has 0 saturated carbocycles. The van der Waals surface area contributed by atoms with Crippen LogP contribution in [0.5, 0.6) is 0 Å². The van der Waals surface area contributed by atoms with Gasteiger partial charge in [-0.3, -0.25) is 19.2 Å². The Morgan fingerprint density at radius 2 is 0.492 bits per heavy atom. The molecule has 0 atom stereocenters. The molecule has 4 rings (SSSR count). The largest absolute Gasteiger partial charge is 0.462 e. The zero-order chi connectivity index (χ0) is 45.3. The number of esters is 4. The third kappa shape index (κ3) is 10.8. The average Bonchev–Trinajstić information content (AvgIpc) is 3.02. The lowest BCUT2D eigenvalue weighted by atomic mass is 9.80. The van der Waals surface area contributed by atoms with E-state index in [0.717, 1.165) is 20.3 Å². The summed E-state index contributed by atoms with van der Waals surface area (Å²) >= 11 is 0. The lowest BCUT2D eigenvalue weighted by molar-refractivity contribution is -0.300. The predicted octanol–water partition coefficient (Wildman–Crippen LogP) is 6.25. The van der Waals surface area contributed by atoms with E-state index in [1.165, 1.54) is 0 Å². The van der Waals surface area contributed by atoms with Gasteiger partial charge in [0.05, 0.1) is 0 Å². The maximum Gasteiger partial charge on any atom is 0.320 e. The van der Waals surface area contributed by atoms with Gasteiger partial charge in [-0.25, -0.2) is 0 Å². The van der Waals surface area contributed by atoms with Crippen molar-refractivity contribution in [3.05, 3.63) is 0 Å². The van der Waals surface area contributed by atoms with E-state index >= 15 is 0 Å². The fourth-order valence-corrected chi connectivity index (χ4v) is 10.8. The van der Waals surface area contributed by atoms with E-state index in [1.807, 2.05) is 0 Å². The maximum atomic E-state index is 14.4. The van der Waals surface area contributed by atoms with Crippen molar-refractivity contribution in [3.8, 4) is 0 Å². The summed E-state index contributed by atoms with van der Waals surface area (Å²) in [5.41, 5.74) is -7.41. The maximum absolute atomic E-state index is 14.4. The first kappa shape index (κ1) is 49.2. The molecule has 0 amide bonds. The van der Waals surface area contributed by atoms with E-state index < -0.39 is 111 Å². The molecular formula is C43H72N4O12. The molecule has 59 heavy (non-hydrogen) atoms. The summed E-state index contributed by atoms with van der Waals surface area (Å²) in [4.78, 5) is 57.7. The Morgan fingerprint density at radius 3 is 0.627 bits per heavy atom. The number of carbonyl (C=O) groups is 4. The number of hydroxylamine groups is 8. The fourth-order valence-electron chi connectivity index (χ4n) is 10.8. The van der Waals surface area contributed by atoms with Gasteiger partial charge in [0.1, 0.15) is 24.4 Å². The summed E-state index contributed by atoms with van der Waals surface area (Å²) in [5, 5.41) is 56.5. The Bertz CT molecular complexity index is 1290. The van der Waals surface area contributed by atoms with Crippen molar-refractivity contribution in [2.75, 3.05) is 0 Å². The molecule has 0 unspecified atom stereocenters. The zero-order valence-corrected chi connectivity index (χ0v) is 38.5. The minimum Gasteiger partial charge on any atom is -0.462 e. The van der Waals surface area contributed by atoms with Gasteiger partial charge in [0.2, 0.25) is 0 Å². The van der Waals surface area contributed by atoms with Crippen LogP contribution in [0.15, 0.2) is 0 Å². The molecule has 0 bridgehead atoms. The Hall–Kier alpha value is -2.44. The normalized spacial score (nSPS) is 27.6. The summed E-state index contributed by atoms with van der Waals surface area (Å²) in [6, 6.07) is 0. The highest BCUT2D eigenvalue weighted by Crippen LogP contribution is 2.43. The summed E-state index contributed by atoms with van der Waals surface area (Å²) in [6.45, 7) is 27.8. The molecule has 336 valence electrons. The van der Waals surface area contributed by atoms with Crippen molar-refractivity contribution in [2.45, 2.75) is 237 Å². The molecule has 4 saturated heterocycles. The fraction of sp³-hybridized carbons (Fsp3) is 0.907. The zero-order valence-electron chi connectivity index (χ0n) is 38.5. The van der Waals surface area contributed by atoms with Gasteiger partial charge in [0.15, 0.2) is 11.8 Å². The molecule has 16 heteroatoms. The van der Waals surface area contributed by atoms with Gasteiger partial charge in [0, 0.05) is 95.7 Å². The second kappa shape index (κ2) is 16.4. The monoisotopic (exact) mass is 837 g/mol. The van der Waals surface area contributed by atoms with Crippen LogP contribution in [0.25, 0.3) is 0 Å². The molecule has 0 N–H and O–H groups in total. The number of ether oxygens (including phenoxy) is 4. The van der Waals surface area contributed by atoms with Crippen LogP contribution in [0, 0.1) is 11.8 Å². The molecule has 0 spiro atoms. The molecule has 0 aromatic heterocycles. The summed E-state index contributed by atoms with van der Waals surface area (Å²) in [7, 11) is 0. The molecule has 4 radical (unpaired) electrons. The third-order valence-corrected chi connectivity index (χ3v) is 13.0. The minimum absolute atomic E-state index is 0.152. The van der Waals surface area contributed by atoms with Gasteiger partial charge in [0.25, 0.3) is 0 Å². The molecular weight excluding hydrogens is 764 g/mol. The van der Waals surface area contributed by atoms with Gasteiger partial charge >= 0.3 is 23.9 Å². The van der Waals surface area contributed by atoms with Crippen LogP contribution in [0.2, 0.25) is 0 Å². The van der Waals surface area contributed by atoms with Gasteiger partial charge in [-0.05, 0) is 117 Å². The highest BCUT2D eigenvalue weighted by molar-refractivity contribution is 5.99. The quantitative estimate of drug-likeness (QED) is 0.136. The van der Waals surface area contributed by atoms with E-state index in [9.17, 15) is 40.0 Å². The molecule has 4 fully saturated rings. The van der Waals surface area contributed by atoms with Gasteiger partial charge in [-0.1, -0.05) is 0 Å². The molecule has 4 heterocycles. The Morgan fingerprint density at radius 1 is 0.356 bits per heavy atom. The van der Waals surface area contributed by atoms with E-state index in [-0.39, 0.29) is 51.4 Å². The standard InChI is InChI=1S/C43H72N4O12/c1-36(2)18-26(19-37(3,4)44(36)52)56-32(48)30(33(49)57-27-20-38(5,6)45(53)39(7,8)21-27)17-31(34(50)58-28-22-40(9,10)46(54)41(11,12)23-28)35(51)59-29-24-42(13,14)47(55)43(15,16)25-29/h26-31H,17-25H2,1-16H3. The molecule has 0 aromatic carbocycles. The van der Waals surface area contributed by atoms with Gasteiger partial charge in [-0.15, -0.1) is 41.1 Å². The molecule has 4 aliphatic rings. The van der Waals surface area contributed by atoms with Gasteiger partial charge < -0.3 is 18.9 Å². The van der Waals surface area contributed by atoms with E-state index in [1.54, 1.807) is 111 Å². The van der Waals surface area contributed by atoms with Crippen LogP contribution in [-0.2, 0) is 59.0 Å². The smallest absolute Gasteiger partial charge is 0.320 e. The second-order valence-electron chi connectivity index (χ2n) is 22.9. The summed E-state index contributed by atoms with van der Waals surface area (Å²) < 4.78 is 24.1. The van der Waals surface area contributed by atoms with E-state index in [0.29, 0.717) is 0 Å². The van der Waals surface area contributed by atoms with Crippen LogP contribution < -0.4 is 0 Å². The second-order valence-corrected chi connectivity index (χ2v) is 22.9. The highest BCUT2D eigenvalue weighted by Gasteiger charge is 2.54. The first-order chi connectivity index (χ1) is 26.4. The Balaban J connectivity index is 1.72. The topological polar surface area (TPSA) is 198 Å². The van der Waals surface area contributed by atoms with Crippen molar-refractivity contribution in [1.82, 2.24) is 20.3 Å². The lowest BCUT2D eigenvalue weighted by Gasteiger charge is -2.50. The molecule has 16 nitrogen and oxygen atoms in total. The number of nitrogens with zero attached hydrogens (tertiary/aromatic N) is 4. The van der Waals surface area contributed by atoms with Gasteiger partial charge in [-0.2, -0.15) is 0 Å².